The van der Waals surface area contributed by atoms with Crippen LogP contribution in [0.2, 0.25) is 0 Å². The van der Waals surface area contributed by atoms with Gasteiger partial charge in [-0.2, -0.15) is 0 Å². The first-order valence-electron chi connectivity index (χ1n) is 4.44. The Morgan fingerprint density at radius 1 is 1.31 bits per heavy atom. The zero-order valence-electron chi connectivity index (χ0n) is 8.04. The number of para-hydroxylation sites is 1. The van der Waals surface area contributed by atoms with Crippen LogP contribution in [-0.2, 0) is 11.3 Å². The third-order valence-electron chi connectivity index (χ3n) is 2.07. The van der Waals surface area contributed by atoms with Crippen molar-refractivity contribution in [3.63, 3.8) is 0 Å². The molecule has 0 saturated carbocycles. The lowest BCUT2D eigenvalue weighted by Gasteiger charge is -2.01. The molecule has 0 radical (unpaired) electrons. The summed E-state index contributed by atoms with van der Waals surface area (Å²) >= 11 is 0. The molecule has 0 amide bonds. The van der Waals surface area contributed by atoms with Gasteiger partial charge in [-0.1, -0.05) is 12.1 Å². The highest BCUT2D eigenvalue weighted by atomic mass is 16.4. The molecule has 0 unspecified atom stereocenters. The van der Waals surface area contributed by atoms with Crippen molar-refractivity contribution in [1.82, 2.24) is 4.57 Å². The van der Waals surface area contributed by atoms with Gasteiger partial charge < -0.3 is 9.52 Å². The van der Waals surface area contributed by atoms with Gasteiger partial charge in [-0.3, -0.25) is 9.59 Å². The molecule has 6 nitrogen and oxygen atoms in total. The molecule has 2 aromatic rings. The molecule has 0 spiro atoms. The van der Waals surface area contributed by atoms with Crippen LogP contribution in [0, 0.1) is 0 Å². The van der Waals surface area contributed by atoms with Crippen LogP contribution in [0.1, 0.15) is 0 Å². The van der Waals surface area contributed by atoms with Crippen LogP contribution < -0.4 is 11.3 Å². The van der Waals surface area contributed by atoms with E-state index in [0.717, 1.165) is 0 Å². The first-order chi connectivity index (χ1) is 7.59. The van der Waals surface area contributed by atoms with E-state index in [1.165, 1.54) is 12.1 Å². The molecule has 0 aliphatic heterocycles. The second-order valence-electron chi connectivity index (χ2n) is 3.15. The van der Waals surface area contributed by atoms with E-state index in [0.29, 0.717) is 4.57 Å². The molecule has 82 valence electrons. The van der Waals surface area contributed by atoms with E-state index >= 15 is 0 Å². The van der Waals surface area contributed by atoms with E-state index in [2.05, 4.69) is 0 Å². The fraction of sp³-hybridized carbons (Fsp3) is 0.100. The Balaban J connectivity index is 2.81. The number of hydrogen-bond acceptors (Lipinski definition) is 4. The summed E-state index contributed by atoms with van der Waals surface area (Å²) in [5, 5.41) is 8.73. The minimum atomic E-state index is -1.27. The van der Waals surface area contributed by atoms with Crippen molar-refractivity contribution >= 4 is 16.9 Å². The van der Waals surface area contributed by atoms with Gasteiger partial charge in [-0.05, 0) is 12.1 Å². The normalized spacial score (nSPS) is 10.5. The molecule has 6 heteroatoms. The summed E-state index contributed by atoms with van der Waals surface area (Å²) in [6.07, 6.45) is 0. The second kappa shape index (κ2) is 3.65. The average molecular weight is 221 g/mol. The van der Waals surface area contributed by atoms with Crippen LogP contribution >= 0.6 is 0 Å². The Bertz CT molecular complexity index is 667. The Labute approximate surface area is 88.4 Å². The van der Waals surface area contributed by atoms with Crippen LogP contribution in [-0.4, -0.2) is 15.6 Å². The lowest BCUT2D eigenvalue weighted by Crippen LogP contribution is -2.34. The van der Waals surface area contributed by atoms with Crippen LogP contribution in [0.4, 0.5) is 0 Å². The monoisotopic (exact) mass is 221 g/mol. The van der Waals surface area contributed by atoms with Crippen LogP contribution in [0.5, 0.6) is 0 Å². The van der Waals surface area contributed by atoms with Gasteiger partial charge in [0.1, 0.15) is 12.1 Å². The molecule has 1 N–H and O–H groups in total. The van der Waals surface area contributed by atoms with E-state index in [1.54, 1.807) is 12.1 Å². The summed E-state index contributed by atoms with van der Waals surface area (Å²) in [7, 11) is 0. The number of aliphatic carboxylic acids is 1. The molecule has 0 aliphatic rings. The van der Waals surface area contributed by atoms with E-state index < -0.39 is 23.8 Å². The standard InChI is InChI=1S/C10H7NO5/c12-8(13)5-11-9(14)6-3-1-2-4-7(6)16-10(11)15/h1-4H,5H2,(H,12,13). The van der Waals surface area contributed by atoms with Crippen molar-refractivity contribution < 1.29 is 14.3 Å². The Morgan fingerprint density at radius 3 is 2.69 bits per heavy atom. The summed E-state index contributed by atoms with van der Waals surface area (Å²) in [6, 6.07) is 6.17. The van der Waals surface area contributed by atoms with Crippen molar-refractivity contribution in [2.75, 3.05) is 0 Å². The lowest BCUT2D eigenvalue weighted by molar-refractivity contribution is -0.137. The lowest BCUT2D eigenvalue weighted by atomic mass is 10.2. The zero-order chi connectivity index (χ0) is 11.7. The van der Waals surface area contributed by atoms with Crippen LogP contribution in [0.25, 0.3) is 11.0 Å². The van der Waals surface area contributed by atoms with E-state index in [9.17, 15) is 14.4 Å². The first kappa shape index (κ1) is 10.2. The summed E-state index contributed by atoms with van der Waals surface area (Å²) in [6.45, 7) is -0.702. The predicted molar refractivity (Wildman–Crippen MR) is 54.4 cm³/mol. The summed E-state index contributed by atoms with van der Waals surface area (Å²) in [5.41, 5.74) is -0.506. The van der Waals surface area contributed by atoms with Crippen molar-refractivity contribution in [3.8, 4) is 0 Å². The third-order valence-corrected chi connectivity index (χ3v) is 2.07. The largest absolute Gasteiger partial charge is 0.480 e. The molecule has 0 saturated heterocycles. The van der Waals surface area contributed by atoms with Gasteiger partial charge in [0.2, 0.25) is 0 Å². The summed E-state index contributed by atoms with van der Waals surface area (Å²) in [5.74, 6) is -2.24. The zero-order valence-corrected chi connectivity index (χ0v) is 8.04. The first-order valence-corrected chi connectivity index (χ1v) is 4.44. The Hall–Kier alpha value is -2.37. The molecule has 1 heterocycles. The van der Waals surface area contributed by atoms with E-state index in [-0.39, 0.29) is 11.0 Å². The fourth-order valence-corrected chi connectivity index (χ4v) is 1.38. The third kappa shape index (κ3) is 1.60. The summed E-state index contributed by atoms with van der Waals surface area (Å²) in [4.78, 5) is 33.5. The summed E-state index contributed by atoms with van der Waals surface area (Å²) < 4.78 is 5.36. The minimum absolute atomic E-state index is 0.152. The Morgan fingerprint density at radius 2 is 2.00 bits per heavy atom. The maximum Gasteiger partial charge on any atom is 0.422 e. The average Bonchev–Trinajstić information content (AvgIpc) is 2.24. The quantitative estimate of drug-likeness (QED) is 0.773. The SMILES string of the molecule is O=C(O)Cn1c(=O)oc2ccccc2c1=O. The number of aromatic nitrogens is 1. The maximum absolute atomic E-state index is 11.7. The second-order valence-corrected chi connectivity index (χ2v) is 3.15. The van der Waals surface area contributed by atoms with E-state index in [4.69, 9.17) is 9.52 Å². The Kier molecular flexibility index (Phi) is 2.32. The molecule has 0 aliphatic carbocycles. The van der Waals surface area contributed by atoms with Gasteiger partial charge in [0.05, 0.1) is 5.39 Å². The van der Waals surface area contributed by atoms with Crippen molar-refractivity contribution in [1.29, 1.82) is 0 Å². The van der Waals surface area contributed by atoms with Gasteiger partial charge in [0.15, 0.2) is 0 Å². The van der Waals surface area contributed by atoms with Gasteiger partial charge in [-0.25, -0.2) is 9.36 Å². The highest BCUT2D eigenvalue weighted by molar-refractivity contribution is 5.75. The number of carboxylic acid groups (broad SMARTS) is 1. The number of fused-ring (bicyclic) bond motifs is 1. The maximum atomic E-state index is 11.7. The number of benzene rings is 1. The number of nitrogens with zero attached hydrogens (tertiary/aromatic N) is 1. The van der Waals surface area contributed by atoms with Gasteiger partial charge in [-0.15, -0.1) is 0 Å². The highest BCUT2D eigenvalue weighted by Crippen LogP contribution is 2.05. The van der Waals surface area contributed by atoms with Gasteiger partial charge >= 0.3 is 11.7 Å². The molecular formula is C10H7NO5. The topological polar surface area (TPSA) is 89.5 Å². The van der Waals surface area contributed by atoms with Gasteiger partial charge in [0, 0.05) is 0 Å². The van der Waals surface area contributed by atoms with Crippen LogP contribution in [0.3, 0.4) is 0 Å². The predicted octanol–water partition coefficient (Wildman–Crippen LogP) is 0.0393. The van der Waals surface area contributed by atoms with Crippen LogP contribution in [0.15, 0.2) is 38.3 Å². The molecule has 16 heavy (non-hydrogen) atoms. The fourth-order valence-electron chi connectivity index (χ4n) is 1.38. The van der Waals surface area contributed by atoms with Crippen molar-refractivity contribution in [3.05, 3.63) is 45.2 Å². The minimum Gasteiger partial charge on any atom is -0.480 e. The molecule has 0 fully saturated rings. The molecule has 0 atom stereocenters. The molecule has 0 bridgehead atoms. The number of hydrogen-bond donors (Lipinski definition) is 1. The number of carboxylic acids is 1. The molecule has 1 aromatic heterocycles. The molecule has 2 rings (SSSR count). The van der Waals surface area contributed by atoms with Crippen molar-refractivity contribution in [2.45, 2.75) is 6.54 Å². The highest BCUT2D eigenvalue weighted by Gasteiger charge is 2.11. The van der Waals surface area contributed by atoms with Crippen molar-refractivity contribution in [2.24, 2.45) is 0 Å². The molecular weight excluding hydrogens is 214 g/mol. The number of carbonyl (C=O) groups is 1. The van der Waals surface area contributed by atoms with E-state index in [1.807, 2.05) is 0 Å². The smallest absolute Gasteiger partial charge is 0.422 e. The molecule has 1 aromatic carbocycles. The number of rotatable bonds is 2. The van der Waals surface area contributed by atoms with Gasteiger partial charge in [0.25, 0.3) is 5.56 Å².